The normalized spacial score (nSPS) is 19.5. The van der Waals surface area contributed by atoms with Crippen molar-refractivity contribution in [1.29, 1.82) is 0 Å². The predicted molar refractivity (Wildman–Crippen MR) is 116 cm³/mol. The molecule has 2 heterocycles. The second-order valence-corrected chi connectivity index (χ2v) is 8.58. The number of rotatable bonds is 8. The van der Waals surface area contributed by atoms with Crippen LogP contribution in [0.3, 0.4) is 0 Å². The molecule has 160 valence electrons. The van der Waals surface area contributed by atoms with E-state index in [1.165, 1.54) is 6.42 Å². The fourth-order valence-corrected chi connectivity index (χ4v) is 4.37. The predicted octanol–water partition coefficient (Wildman–Crippen LogP) is 4.61. The number of benzene rings is 1. The number of ether oxygens (including phenoxy) is 2. The minimum Gasteiger partial charge on any atom is -0.493 e. The van der Waals surface area contributed by atoms with Crippen molar-refractivity contribution < 1.29 is 14.3 Å². The highest BCUT2D eigenvalue weighted by molar-refractivity contribution is 5.79. The molecule has 2 aromatic rings. The van der Waals surface area contributed by atoms with Crippen molar-refractivity contribution in [2.75, 3.05) is 19.8 Å². The van der Waals surface area contributed by atoms with Crippen molar-refractivity contribution in [3.05, 3.63) is 59.9 Å². The number of pyridine rings is 1. The second-order valence-electron chi connectivity index (χ2n) is 8.58. The monoisotopic (exact) mass is 408 g/mol. The molecule has 1 amide bonds. The fraction of sp³-hybridized carbons (Fsp3) is 0.520. The average Bonchev–Trinajstić information content (AvgIpc) is 3.33. The minimum absolute atomic E-state index is 0.159. The third-order valence-corrected chi connectivity index (χ3v) is 6.17. The SMILES string of the molecule is O=C(C1CCCCC1)N(Cc1ccc(OC[C@H]2CCOC2)cc1)Cc1cccnc1. The molecule has 0 radical (unpaired) electrons. The molecule has 1 aromatic carbocycles. The van der Waals surface area contributed by atoms with Crippen LogP contribution in [0.4, 0.5) is 0 Å². The van der Waals surface area contributed by atoms with E-state index in [0.29, 0.717) is 25.6 Å². The van der Waals surface area contributed by atoms with Crippen LogP contribution in [-0.2, 0) is 22.6 Å². The summed E-state index contributed by atoms with van der Waals surface area (Å²) in [5, 5.41) is 0. The molecule has 2 fully saturated rings. The van der Waals surface area contributed by atoms with Gasteiger partial charge in [0, 0.05) is 43.9 Å². The second kappa shape index (κ2) is 10.6. The molecule has 5 heteroatoms. The van der Waals surface area contributed by atoms with E-state index < -0.39 is 0 Å². The number of hydrogen-bond donors (Lipinski definition) is 0. The molecule has 5 nitrogen and oxygen atoms in total. The maximum absolute atomic E-state index is 13.3. The zero-order chi connectivity index (χ0) is 20.6. The van der Waals surface area contributed by atoms with Crippen LogP contribution in [0.1, 0.15) is 49.7 Å². The van der Waals surface area contributed by atoms with E-state index in [1.54, 1.807) is 6.20 Å². The standard InChI is InChI=1S/C25H32N2O3/c28-25(23-6-2-1-3-7-23)27(17-21-5-4-13-26-15-21)16-20-8-10-24(11-9-20)30-19-22-12-14-29-18-22/h4-5,8-11,13,15,22-23H,1-3,6-7,12,14,16-19H2/t22-/m0/s1. The summed E-state index contributed by atoms with van der Waals surface area (Å²) in [6.07, 6.45) is 10.3. The summed E-state index contributed by atoms with van der Waals surface area (Å²) in [6, 6.07) is 12.1. The first-order chi connectivity index (χ1) is 14.8. The summed E-state index contributed by atoms with van der Waals surface area (Å²) in [5.74, 6) is 1.81. The average molecular weight is 409 g/mol. The Balaban J connectivity index is 1.40. The lowest BCUT2D eigenvalue weighted by Gasteiger charge is -2.29. The molecule has 1 aliphatic carbocycles. The summed E-state index contributed by atoms with van der Waals surface area (Å²) in [5.41, 5.74) is 2.19. The van der Waals surface area contributed by atoms with Gasteiger partial charge in [0.15, 0.2) is 0 Å². The van der Waals surface area contributed by atoms with Gasteiger partial charge in [-0.3, -0.25) is 9.78 Å². The van der Waals surface area contributed by atoms with Crippen LogP contribution in [0.15, 0.2) is 48.8 Å². The minimum atomic E-state index is 0.159. The lowest BCUT2D eigenvalue weighted by atomic mass is 9.88. The highest BCUT2D eigenvalue weighted by atomic mass is 16.5. The molecule has 1 aromatic heterocycles. The molecule has 1 aliphatic heterocycles. The smallest absolute Gasteiger partial charge is 0.226 e. The van der Waals surface area contributed by atoms with E-state index >= 15 is 0 Å². The number of amides is 1. The number of carbonyl (C=O) groups excluding carboxylic acids is 1. The van der Waals surface area contributed by atoms with Gasteiger partial charge in [0.25, 0.3) is 0 Å². The van der Waals surface area contributed by atoms with E-state index in [0.717, 1.165) is 62.2 Å². The van der Waals surface area contributed by atoms with Crippen molar-refractivity contribution >= 4 is 5.91 Å². The van der Waals surface area contributed by atoms with Crippen LogP contribution in [0.5, 0.6) is 5.75 Å². The van der Waals surface area contributed by atoms with Gasteiger partial charge in [0.2, 0.25) is 5.91 Å². The maximum Gasteiger partial charge on any atom is 0.226 e. The zero-order valence-electron chi connectivity index (χ0n) is 17.7. The van der Waals surface area contributed by atoms with Gasteiger partial charge in [-0.05, 0) is 48.6 Å². The summed E-state index contributed by atoms with van der Waals surface area (Å²) >= 11 is 0. The van der Waals surface area contributed by atoms with E-state index in [2.05, 4.69) is 17.1 Å². The van der Waals surface area contributed by atoms with Gasteiger partial charge in [0.1, 0.15) is 5.75 Å². The Bertz CT molecular complexity index is 782. The highest BCUT2D eigenvalue weighted by Crippen LogP contribution is 2.27. The van der Waals surface area contributed by atoms with Crippen molar-refractivity contribution in [1.82, 2.24) is 9.88 Å². The molecule has 1 saturated heterocycles. The third kappa shape index (κ3) is 5.82. The lowest BCUT2D eigenvalue weighted by Crippen LogP contribution is -2.36. The summed E-state index contributed by atoms with van der Waals surface area (Å²) in [4.78, 5) is 19.5. The molecule has 2 aliphatic rings. The quantitative estimate of drug-likeness (QED) is 0.640. The van der Waals surface area contributed by atoms with Crippen molar-refractivity contribution in [3.63, 3.8) is 0 Å². The third-order valence-electron chi connectivity index (χ3n) is 6.17. The van der Waals surface area contributed by atoms with Gasteiger partial charge in [0.05, 0.1) is 13.2 Å². The topological polar surface area (TPSA) is 51.7 Å². The van der Waals surface area contributed by atoms with Gasteiger partial charge < -0.3 is 14.4 Å². The Kier molecular flexibility index (Phi) is 7.35. The molecule has 0 bridgehead atoms. The van der Waals surface area contributed by atoms with Crippen molar-refractivity contribution in [3.8, 4) is 5.75 Å². The lowest BCUT2D eigenvalue weighted by molar-refractivity contribution is -0.137. The van der Waals surface area contributed by atoms with E-state index in [-0.39, 0.29) is 11.8 Å². The number of nitrogens with zero attached hydrogens (tertiary/aromatic N) is 2. The molecular weight excluding hydrogens is 376 g/mol. The van der Waals surface area contributed by atoms with Gasteiger partial charge in [-0.25, -0.2) is 0 Å². The van der Waals surface area contributed by atoms with E-state index in [1.807, 2.05) is 35.4 Å². The Hall–Kier alpha value is -2.40. The Morgan fingerprint density at radius 2 is 1.83 bits per heavy atom. The van der Waals surface area contributed by atoms with Crippen LogP contribution in [0.25, 0.3) is 0 Å². The maximum atomic E-state index is 13.3. The Labute approximate surface area is 179 Å². The van der Waals surface area contributed by atoms with Gasteiger partial charge in [-0.1, -0.05) is 37.5 Å². The fourth-order valence-electron chi connectivity index (χ4n) is 4.37. The van der Waals surface area contributed by atoms with Crippen molar-refractivity contribution in [2.45, 2.75) is 51.6 Å². The van der Waals surface area contributed by atoms with Crippen LogP contribution >= 0.6 is 0 Å². The zero-order valence-corrected chi connectivity index (χ0v) is 17.7. The van der Waals surface area contributed by atoms with E-state index in [9.17, 15) is 4.79 Å². The molecule has 1 saturated carbocycles. The van der Waals surface area contributed by atoms with Gasteiger partial charge in [-0.15, -0.1) is 0 Å². The number of carbonyl (C=O) groups is 1. The van der Waals surface area contributed by atoms with Gasteiger partial charge >= 0.3 is 0 Å². The number of aromatic nitrogens is 1. The molecule has 0 unspecified atom stereocenters. The Morgan fingerprint density at radius 1 is 1.03 bits per heavy atom. The van der Waals surface area contributed by atoms with E-state index in [4.69, 9.17) is 9.47 Å². The molecule has 0 N–H and O–H groups in total. The summed E-state index contributed by atoms with van der Waals surface area (Å²) in [7, 11) is 0. The van der Waals surface area contributed by atoms with Crippen molar-refractivity contribution in [2.24, 2.45) is 11.8 Å². The summed E-state index contributed by atoms with van der Waals surface area (Å²) < 4.78 is 11.3. The van der Waals surface area contributed by atoms with Crippen LogP contribution in [-0.4, -0.2) is 35.6 Å². The molecular formula is C25H32N2O3. The molecule has 0 spiro atoms. The largest absolute Gasteiger partial charge is 0.493 e. The van der Waals surface area contributed by atoms with Crippen LogP contribution < -0.4 is 4.74 Å². The molecule has 4 rings (SSSR count). The Morgan fingerprint density at radius 3 is 2.53 bits per heavy atom. The first-order valence-electron chi connectivity index (χ1n) is 11.2. The van der Waals surface area contributed by atoms with Crippen LogP contribution in [0.2, 0.25) is 0 Å². The molecule has 30 heavy (non-hydrogen) atoms. The highest BCUT2D eigenvalue weighted by Gasteiger charge is 2.26. The van der Waals surface area contributed by atoms with Crippen LogP contribution in [0, 0.1) is 11.8 Å². The first-order valence-corrected chi connectivity index (χ1v) is 11.2. The molecule has 1 atom stereocenters. The van der Waals surface area contributed by atoms with Gasteiger partial charge in [-0.2, -0.15) is 0 Å². The first kappa shape index (κ1) is 20.9. The summed E-state index contributed by atoms with van der Waals surface area (Å²) in [6.45, 7) is 3.55. The number of hydrogen-bond acceptors (Lipinski definition) is 4.